The molecule has 1 aromatic heterocycles. The lowest BCUT2D eigenvalue weighted by Gasteiger charge is -2.15. The molecule has 31 heavy (non-hydrogen) atoms. The number of sulfonamides is 1. The van der Waals surface area contributed by atoms with E-state index in [1.807, 2.05) is 0 Å². The Balaban J connectivity index is 1.40. The van der Waals surface area contributed by atoms with Crippen molar-refractivity contribution >= 4 is 44.3 Å². The minimum atomic E-state index is -3.54. The molecule has 4 rings (SSSR count). The molecule has 3 aromatic rings. The zero-order chi connectivity index (χ0) is 22.0. The van der Waals surface area contributed by atoms with Crippen molar-refractivity contribution < 1.29 is 22.7 Å². The minimum absolute atomic E-state index is 0.146. The summed E-state index contributed by atoms with van der Waals surface area (Å²) in [5, 5.41) is 1.08. The average molecular weight is 459 g/mol. The molecule has 1 saturated heterocycles. The van der Waals surface area contributed by atoms with Crippen LogP contribution in [0.3, 0.4) is 0 Å². The standard InChI is InChI=1S/C22H19ClN2O5S/c23-21-10-6-16-13-17(5-9-19(16)24-21)22(27)30-14-20(26)15-3-7-18(8-4-15)31(28,29)25-11-1-2-12-25/h3-10,13H,1-2,11-12,14H2. The van der Waals surface area contributed by atoms with E-state index in [1.54, 1.807) is 30.3 Å². The van der Waals surface area contributed by atoms with Crippen molar-refractivity contribution in [3.8, 4) is 0 Å². The van der Waals surface area contributed by atoms with Crippen LogP contribution < -0.4 is 0 Å². The minimum Gasteiger partial charge on any atom is -0.454 e. The highest BCUT2D eigenvalue weighted by molar-refractivity contribution is 7.89. The first-order valence-corrected chi connectivity index (χ1v) is 11.5. The van der Waals surface area contributed by atoms with Crippen LogP contribution in [0.2, 0.25) is 5.15 Å². The number of Topliss-reactive ketones (excluding diaryl/α,β-unsaturated/α-hetero) is 1. The second-order valence-electron chi connectivity index (χ2n) is 7.18. The molecule has 0 bridgehead atoms. The second-order valence-corrected chi connectivity index (χ2v) is 9.50. The summed E-state index contributed by atoms with van der Waals surface area (Å²) >= 11 is 5.86. The summed E-state index contributed by atoms with van der Waals surface area (Å²) in [5.74, 6) is -1.06. The average Bonchev–Trinajstić information content (AvgIpc) is 3.33. The van der Waals surface area contributed by atoms with Crippen LogP contribution in [0.15, 0.2) is 59.5 Å². The number of fused-ring (bicyclic) bond motifs is 1. The van der Waals surface area contributed by atoms with Crippen molar-refractivity contribution in [2.24, 2.45) is 0 Å². The monoisotopic (exact) mass is 458 g/mol. The van der Waals surface area contributed by atoms with Gasteiger partial charge in [0.2, 0.25) is 10.0 Å². The van der Waals surface area contributed by atoms with Gasteiger partial charge in [-0.2, -0.15) is 4.31 Å². The van der Waals surface area contributed by atoms with Crippen molar-refractivity contribution in [2.45, 2.75) is 17.7 Å². The molecule has 0 amide bonds. The molecule has 0 atom stereocenters. The van der Waals surface area contributed by atoms with Crippen molar-refractivity contribution in [3.63, 3.8) is 0 Å². The summed E-state index contributed by atoms with van der Waals surface area (Å²) < 4.78 is 31.7. The third-order valence-corrected chi connectivity index (χ3v) is 7.23. The molecule has 2 aromatic carbocycles. The molecular weight excluding hydrogens is 440 g/mol. The van der Waals surface area contributed by atoms with Crippen LogP contribution in [0.5, 0.6) is 0 Å². The molecule has 1 fully saturated rings. The summed E-state index contributed by atoms with van der Waals surface area (Å²) in [7, 11) is -3.54. The Morgan fingerprint density at radius 1 is 0.968 bits per heavy atom. The Labute approximate surface area is 184 Å². The number of ether oxygens (including phenoxy) is 1. The van der Waals surface area contributed by atoms with E-state index in [0.717, 1.165) is 18.2 Å². The maximum absolute atomic E-state index is 12.6. The van der Waals surface area contributed by atoms with Gasteiger partial charge in [0.05, 0.1) is 16.0 Å². The Morgan fingerprint density at radius 3 is 2.35 bits per heavy atom. The SMILES string of the molecule is O=C(COC(=O)c1ccc2nc(Cl)ccc2c1)c1ccc(S(=O)(=O)N2CCCC2)cc1. The van der Waals surface area contributed by atoms with Crippen molar-refractivity contribution in [3.05, 3.63) is 70.9 Å². The molecule has 0 saturated carbocycles. The predicted molar refractivity (Wildman–Crippen MR) is 116 cm³/mol. The van der Waals surface area contributed by atoms with Gasteiger partial charge in [-0.3, -0.25) is 4.79 Å². The van der Waals surface area contributed by atoms with Gasteiger partial charge in [0.15, 0.2) is 12.4 Å². The molecule has 0 unspecified atom stereocenters. The number of rotatable bonds is 6. The molecule has 1 aliphatic heterocycles. The van der Waals surface area contributed by atoms with Crippen LogP contribution in [0.4, 0.5) is 0 Å². The third kappa shape index (κ3) is 4.61. The Hall–Kier alpha value is -2.81. The van der Waals surface area contributed by atoms with E-state index in [1.165, 1.54) is 28.6 Å². The van der Waals surface area contributed by atoms with E-state index in [9.17, 15) is 18.0 Å². The highest BCUT2D eigenvalue weighted by Gasteiger charge is 2.27. The van der Waals surface area contributed by atoms with Crippen molar-refractivity contribution in [2.75, 3.05) is 19.7 Å². The lowest BCUT2D eigenvalue weighted by atomic mass is 10.1. The molecule has 2 heterocycles. The Kier molecular flexibility index (Phi) is 6.04. The van der Waals surface area contributed by atoms with Crippen LogP contribution in [-0.2, 0) is 14.8 Å². The molecule has 9 heteroatoms. The number of halogens is 1. The fourth-order valence-corrected chi connectivity index (χ4v) is 5.09. The number of esters is 1. The summed E-state index contributed by atoms with van der Waals surface area (Å²) in [6, 6.07) is 13.9. The van der Waals surface area contributed by atoms with Gasteiger partial charge in [-0.25, -0.2) is 18.2 Å². The van der Waals surface area contributed by atoms with Crippen LogP contribution in [0.25, 0.3) is 10.9 Å². The first kappa shape index (κ1) is 21.4. The van der Waals surface area contributed by atoms with Crippen LogP contribution in [0.1, 0.15) is 33.6 Å². The van der Waals surface area contributed by atoms with Crippen molar-refractivity contribution in [1.29, 1.82) is 0 Å². The number of pyridine rings is 1. The largest absolute Gasteiger partial charge is 0.454 e. The van der Waals surface area contributed by atoms with Gasteiger partial charge in [0.25, 0.3) is 0 Å². The van der Waals surface area contributed by atoms with E-state index in [-0.39, 0.29) is 16.0 Å². The topological polar surface area (TPSA) is 93.6 Å². The van der Waals surface area contributed by atoms with Crippen LogP contribution in [0, 0.1) is 0 Å². The zero-order valence-electron chi connectivity index (χ0n) is 16.5. The number of aromatic nitrogens is 1. The maximum atomic E-state index is 12.6. The van der Waals surface area contributed by atoms with E-state index < -0.39 is 28.4 Å². The second kappa shape index (κ2) is 8.74. The quantitative estimate of drug-likeness (QED) is 0.317. The molecule has 0 spiro atoms. The lowest BCUT2D eigenvalue weighted by Crippen LogP contribution is -2.27. The molecule has 0 radical (unpaired) electrons. The summed E-state index contributed by atoms with van der Waals surface area (Å²) in [4.78, 5) is 29.0. The van der Waals surface area contributed by atoms with Gasteiger partial charge in [-0.15, -0.1) is 0 Å². The Bertz CT molecular complexity index is 1250. The number of hydrogen-bond acceptors (Lipinski definition) is 6. The van der Waals surface area contributed by atoms with Gasteiger partial charge >= 0.3 is 5.97 Å². The first-order valence-electron chi connectivity index (χ1n) is 9.71. The van der Waals surface area contributed by atoms with Crippen molar-refractivity contribution in [1.82, 2.24) is 9.29 Å². The van der Waals surface area contributed by atoms with Crippen LogP contribution >= 0.6 is 11.6 Å². The number of carbonyl (C=O) groups excluding carboxylic acids is 2. The fraction of sp³-hybridized carbons (Fsp3) is 0.227. The summed E-state index contributed by atoms with van der Waals surface area (Å²) in [6.45, 7) is 0.571. The first-order chi connectivity index (χ1) is 14.8. The molecule has 0 N–H and O–H groups in total. The zero-order valence-corrected chi connectivity index (χ0v) is 18.0. The van der Waals surface area contributed by atoms with Gasteiger partial charge < -0.3 is 4.74 Å². The van der Waals surface area contributed by atoms with E-state index in [4.69, 9.17) is 16.3 Å². The number of hydrogen-bond donors (Lipinski definition) is 0. The number of nitrogens with zero attached hydrogens (tertiary/aromatic N) is 2. The molecular formula is C22H19ClN2O5S. The van der Waals surface area contributed by atoms with Gasteiger partial charge in [0, 0.05) is 24.0 Å². The van der Waals surface area contributed by atoms with E-state index in [2.05, 4.69) is 4.98 Å². The van der Waals surface area contributed by atoms with Gasteiger partial charge in [0.1, 0.15) is 5.15 Å². The molecule has 0 aliphatic carbocycles. The highest BCUT2D eigenvalue weighted by atomic mass is 35.5. The highest BCUT2D eigenvalue weighted by Crippen LogP contribution is 2.21. The molecule has 7 nitrogen and oxygen atoms in total. The molecule has 160 valence electrons. The summed E-state index contributed by atoms with van der Waals surface area (Å²) in [6.07, 6.45) is 1.70. The Morgan fingerprint density at radius 2 is 1.65 bits per heavy atom. The number of benzene rings is 2. The van der Waals surface area contributed by atoms with E-state index in [0.29, 0.717) is 23.8 Å². The number of carbonyl (C=O) groups is 2. The summed E-state index contributed by atoms with van der Waals surface area (Å²) in [5.41, 5.74) is 1.20. The van der Waals surface area contributed by atoms with Gasteiger partial charge in [-0.05, 0) is 67.4 Å². The van der Waals surface area contributed by atoms with Gasteiger partial charge in [-0.1, -0.05) is 11.6 Å². The predicted octanol–water partition coefficient (Wildman–Crippen LogP) is 3.71. The fourth-order valence-electron chi connectivity index (χ4n) is 3.42. The lowest BCUT2D eigenvalue weighted by molar-refractivity contribution is 0.0475. The number of ketones is 1. The third-order valence-electron chi connectivity index (χ3n) is 5.10. The smallest absolute Gasteiger partial charge is 0.338 e. The molecule has 1 aliphatic rings. The van der Waals surface area contributed by atoms with Crippen LogP contribution in [-0.4, -0.2) is 49.2 Å². The van der Waals surface area contributed by atoms with E-state index >= 15 is 0 Å². The normalized spacial score (nSPS) is 14.6. The maximum Gasteiger partial charge on any atom is 0.338 e.